The second-order valence-corrected chi connectivity index (χ2v) is 7.57. The van der Waals surface area contributed by atoms with Gasteiger partial charge in [0.25, 0.3) is 5.69 Å². The van der Waals surface area contributed by atoms with Crippen molar-refractivity contribution in [3.8, 4) is 0 Å². The van der Waals surface area contributed by atoms with Crippen molar-refractivity contribution < 1.29 is 14.5 Å². The van der Waals surface area contributed by atoms with Crippen molar-refractivity contribution in [3.63, 3.8) is 0 Å². The number of piperazine rings is 1. The Morgan fingerprint density at radius 1 is 1.03 bits per heavy atom. The molecule has 0 bridgehead atoms. The molecular weight excluding hydrogens is 384 g/mol. The maximum atomic E-state index is 12.6. The second-order valence-electron chi connectivity index (χ2n) is 7.57. The topological polar surface area (TPSA) is 95.8 Å². The van der Waals surface area contributed by atoms with Crippen molar-refractivity contribution in [3.05, 3.63) is 69.3 Å². The first-order valence-electron chi connectivity index (χ1n) is 9.93. The van der Waals surface area contributed by atoms with Crippen LogP contribution in [0.5, 0.6) is 0 Å². The highest BCUT2D eigenvalue weighted by atomic mass is 16.6. The summed E-state index contributed by atoms with van der Waals surface area (Å²) in [5.41, 5.74) is 3.08. The first-order valence-corrected chi connectivity index (χ1v) is 9.93. The molecule has 1 saturated heterocycles. The Hall–Kier alpha value is -3.26. The zero-order valence-corrected chi connectivity index (χ0v) is 17.3. The van der Waals surface area contributed by atoms with Gasteiger partial charge in [-0.25, -0.2) is 0 Å². The minimum Gasteiger partial charge on any atom is -0.340 e. The molecule has 3 rings (SSSR count). The van der Waals surface area contributed by atoms with E-state index in [-0.39, 0.29) is 24.0 Å². The number of nitro benzene ring substituents is 1. The van der Waals surface area contributed by atoms with Crippen LogP contribution in [-0.2, 0) is 16.0 Å². The molecule has 1 fully saturated rings. The molecule has 30 heavy (non-hydrogen) atoms. The number of nitrogens with one attached hydrogen (secondary N) is 1. The number of nitro groups is 1. The molecule has 8 heteroatoms. The Kier molecular flexibility index (Phi) is 6.79. The van der Waals surface area contributed by atoms with Crippen molar-refractivity contribution in [2.45, 2.75) is 20.3 Å². The van der Waals surface area contributed by atoms with E-state index in [0.29, 0.717) is 43.9 Å². The fraction of sp³-hybridized carbons (Fsp3) is 0.364. The van der Waals surface area contributed by atoms with Crippen molar-refractivity contribution >= 4 is 23.2 Å². The highest BCUT2D eigenvalue weighted by Gasteiger charge is 2.23. The third-order valence-corrected chi connectivity index (χ3v) is 5.38. The first kappa shape index (κ1) is 21.4. The number of benzene rings is 2. The molecular formula is C22H26N4O4. The molecule has 2 amide bonds. The Labute approximate surface area is 175 Å². The summed E-state index contributed by atoms with van der Waals surface area (Å²) < 4.78 is 0. The largest absolute Gasteiger partial charge is 0.340 e. The van der Waals surface area contributed by atoms with E-state index in [9.17, 15) is 19.7 Å². The fourth-order valence-electron chi connectivity index (χ4n) is 3.53. The Bertz CT molecular complexity index is 952. The molecule has 0 unspecified atom stereocenters. The summed E-state index contributed by atoms with van der Waals surface area (Å²) in [6, 6.07) is 12.5. The zero-order valence-electron chi connectivity index (χ0n) is 17.3. The Morgan fingerprint density at radius 3 is 2.40 bits per heavy atom. The molecule has 2 aromatic rings. The number of carbonyl (C=O) groups is 2. The average molecular weight is 410 g/mol. The number of amides is 2. The van der Waals surface area contributed by atoms with Crippen LogP contribution in [0, 0.1) is 24.0 Å². The van der Waals surface area contributed by atoms with Gasteiger partial charge in [-0.2, -0.15) is 0 Å². The molecule has 8 nitrogen and oxygen atoms in total. The van der Waals surface area contributed by atoms with E-state index in [4.69, 9.17) is 0 Å². The standard InChI is InChI=1S/C22H26N4O4/c1-16-5-3-4-6-18(16)13-22(28)25-11-9-24(10-12-25)15-21(27)23-19-8-7-17(2)20(14-19)26(29)30/h3-8,14H,9-13,15H2,1-2H3,(H,23,27). The van der Waals surface area contributed by atoms with Gasteiger partial charge in [-0.15, -0.1) is 0 Å². The van der Waals surface area contributed by atoms with Crippen LogP contribution in [0.4, 0.5) is 11.4 Å². The SMILES string of the molecule is Cc1ccccc1CC(=O)N1CCN(CC(=O)Nc2ccc(C)c([N+](=O)[O-])c2)CC1. The van der Waals surface area contributed by atoms with E-state index in [1.807, 2.05) is 41.0 Å². The van der Waals surface area contributed by atoms with Gasteiger partial charge in [-0.05, 0) is 31.0 Å². The number of rotatable bonds is 6. The number of anilines is 1. The summed E-state index contributed by atoms with van der Waals surface area (Å²) in [5.74, 6) is -0.131. The first-order chi connectivity index (χ1) is 14.3. The molecule has 0 aromatic heterocycles. The number of hydrogen-bond acceptors (Lipinski definition) is 5. The molecule has 0 spiro atoms. The Balaban J connectivity index is 1.48. The molecule has 0 radical (unpaired) electrons. The van der Waals surface area contributed by atoms with Crippen LogP contribution in [0.1, 0.15) is 16.7 Å². The third kappa shape index (κ3) is 5.42. The van der Waals surface area contributed by atoms with Gasteiger partial charge in [0.2, 0.25) is 11.8 Å². The molecule has 1 N–H and O–H groups in total. The summed E-state index contributed by atoms with van der Waals surface area (Å²) in [6.45, 7) is 6.22. The summed E-state index contributed by atoms with van der Waals surface area (Å²) in [7, 11) is 0. The van der Waals surface area contributed by atoms with Gasteiger partial charge in [0.1, 0.15) is 0 Å². The number of carbonyl (C=O) groups excluding carboxylic acids is 2. The molecule has 1 aliphatic rings. The molecule has 1 aliphatic heterocycles. The smallest absolute Gasteiger partial charge is 0.274 e. The van der Waals surface area contributed by atoms with E-state index in [0.717, 1.165) is 11.1 Å². The summed E-state index contributed by atoms with van der Waals surface area (Å²) in [6.07, 6.45) is 0.388. The molecule has 0 atom stereocenters. The maximum absolute atomic E-state index is 12.6. The van der Waals surface area contributed by atoms with Crippen LogP contribution in [0.3, 0.4) is 0 Å². The summed E-state index contributed by atoms with van der Waals surface area (Å²) >= 11 is 0. The molecule has 2 aromatic carbocycles. The Morgan fingerprint density at radius 2 is 1.73 bits per heavy atom. The lowest BCUT2D eigenvalue weighted by molar-refractivity contribution is -0.385. The summed E-state index contributed by atoms with van der Waals surface area (Å²) in [4.78, 5) is 39.3. The van der Waals surface area contributed by atoms with Crippen molar-refractivity contribution in [1.29, 1.82) is 0 Å². The molecule has 158 valence electrons. The van der Waals surface area contributed by atoms with E-state index < -0.39 is 4.92 Å². The highest BCUT2D eigenvalue weighted by Crippen LogP contribution is 2.22. The van der Waals surface area contributed by atoms with Crippen molar-refractivity contribution in [1.82, 2.24) is 9.80 Å². The van der Waals surface area contributed by atoms with Gasteiger partial charge in [0, 0.05) is 43.5 Å². The van der Waals surface area contributed by atoms with Gasteiger partial charge in [0.15, 0.2) is 0 Å². The van der Waals surface area contributed by atoms with Crippen molar-refractivity contribution in [2.24, 2.45) is 0 Å². The van der Waals surface area contributed by atoms with Gasteiger partial charge in [-0.3, -0.25) is 24.6 Å². The van der Waals surface area contributed by atoms with Crippen LogP contribution in [0.15, 0.2) is 42.5 Å². The number of nitrogens with zero attached hydrogens (tertiary/aromatic N) is 3. The molecule has 1 heterocycles. The van der Waals surface area contributed by atoms with Crippen LogP contribution in [0.2, 0.25) is 0 Å². The average Bonchev–Trinajstić information content (AvgIpc) is 2.71. The predicted octanol–water partition coefficient (Wildman–Crippen LogP) is 2.54. The van der Waals surface area contributed by atoms with Gasteiger partial charge >= 0.3 is 0 Å². The maximum Gasteiger partial charge on any atom is 0.274 e. The summed E-state index contributed by atoms with van der Waals surface area (Å²) in [5, 5.41) is 13.8. The van der Waals surface area contributed by atoms with Gasteiger partial charge in [-0.1, -0.05) is 30.3 Å². The van der Waals surface area contributed by atoms with Gasteiger partial charge in [0.05, 0.1) is 17.9 Å². The fourth-order valence-corrected chi connectivity index (χ4v) is 3.53. The lowest BCUT2D eigenvalue weighted by Gasteiger charge is -2.34. The second kappa shape index (κ2) is 9.49. The van der Waals surface area contributed by atoms with Crippen LogP contribution >= 0.6 is 0 Å². The van der Waals surface area contributed by atoms with Crippen molar-refractivity contribution in [2.75, 3.05) is 38.0 Å². The monoisotopic (exact) mass is 410 g/mol. The van der Waals surface area contributed by atoms with Crippen LogP contribution in [-0.4, -0.2) is 59.3 Å². The van der Waals surface area contributed by atoms with Crippen LogP contribution in [0.25, 0.3) is 0 Å². The lowest BCUT2D eigenvalue weighted by atomic mass is 10.1. The minimum absolute atomic E-state index is 0.0198. The highest BCUT2D eigenvalue weighted by molar-refractivity contribution is 5.92. The number of aryl methyl sites for hydroxylation is 2. The van der Waals surface area contributed by atoms with E-state index in [2.05, 4.69) is 5.32 Å². The molecule has 0 aliphatic carbocycles. The predicted molar refractivity (Wildman–Crippen MR) is 114 cm³/mol. The quantitative estimate of drug-likeness (QED) is 0.583. The van der Waals surface area contributed by atoms with Gasteiger partial charge < -0.3 is 10.2 Å². The van der Waals surface area contributed by atoms with E-state index in [1.165, 1.54) is 6.07 Å². The minimum atomic E-state index is -0.460. The third-order valence-electron chi connectivity index (χ3n) is 5.38. The van der Waals surface area contributed by atoms with E-state index in [1.54, 1.807) is 19.1 Å². The zero-order chi connectivity index (χ0) is 21.7. The lowest BCUT2D eigenvalue weighted by Crippen LogP contribution is -2.50. The molecule has 0 saturated carbocycles. The normalized spacial score (nSPS) is 14.4. The number of hydrogen-bond donors (Lipinski definition) is 1. The van der Waals surface area contributed by atoms with E-state index >= 15 is 0 Å². The van der Waals surface area contributed by atoms with Crippen LogP contribution < -0.4 is 5.32 Å².